The predicted octanol–water partition coefficient (Wildman–Crippen LogP) is 2.58. The zero-order chi connectivity index (χ0) is 18.6. The van der Waals surface area contributed by atoms with E-state index >= 15 is 0 Å². The highest BCUT2D eigenvalue weighted by atomic mass is 32.1. The number of rotatable bonds is 6. The Morgan fingerprint density at radius 2 is 2.30 bits per heavy atom. The summed E-state index contributed by atoms with van der Waals surface area (Å²) in [4.78, 5) is 13.6. The van der Waals surface area contributed by atoms with Crippen LogP contribution in [0.15, 0.2) is 29.9 Å². The summed E-state index contributed by atoms with van der Waals surface area (Å²) in [7, 11) is 1.90. The molecule has 1 unspecified atom stereocenters. The van der Waals surface area contributed by atoms with Crippen molar-refractivity contribution in [3.63, 3.8) is 0 Å². The number of hydrogen-bond donors (Lipinski definition) is 1. The van der Waals surface area contributed by atoms with Gasteiger partial charge in [0.15, 0.2) is 5.82 Å². The van der Waals surface area contributed by atoms with Crippen molar-refractivity contribution < 1.29 is 4.79 Å². The molecule has 0 bridgehead atoms. The highest BCUT2D eigenvalue weighted by Crippen LogP contribution is 2.22. The molecule has 0 spiro atoms. The number of aromatic nitrogens is 5. The van der Waals surface area contributed by atoms with Gasteiger partial charge in [0.1, 0.15) is 5.82 Å². The lowest BCUT2D eigenvalue weighted by molar-refractivity contribution is -0.122. The smallest absolute Gasteiger partial charge is 0.220 e. The molecule has 0 saturated heterocycles. The summed E-state index contributed by atoms with van der Waals surface area (Å²) < 4.78 is 3.94. The fourth-order valence-corrected chi connectivity index (χ4v) is 4.31. The van der Waals surface area contributed by atoms with Gasteiger partial charge in [-0.3, -0.25) is 9.48 Å². The van der Waals surface area contributed by atoms with Crippen LogP contribution < -0.4 is 5.32 Å². The van der Waals surface area contributed by atoms with Crippen LogP contribution in [-0.4, -0.2) is 36.5 Å². The second-order valence-electron chi connectivity index (χ2n) is 7.02. The average Bonchev–Trinajstić information content (AvgIpc) is 3.36. The van der Waals surface area contributed by atoms with Gasteiger partial charge in [0.25, 0.3) is 0 Å². The van der Waals surface area contributed by atoms with Crippen LogP contribution >= 0.6 is 11.3 Å². The van der Waals surface area contributed by atoms with Crippen molar-refractivity contribution in [3.8, 4) is 11.4 Å². The van der Waals surface area contributed by atoms with Gasteiger partial charge in [-0.25, -0.2) is 0 Å². The number of nitrogens with zero attached hydrogens (tertiary/aromatic N) is 5. The van der Waals surface area contributed by atoms with Gasteiger partial charge in [-0.1, -0.05) is 6.07 Å². The standard InChI is InChI=1S/C19H24N6OS/c1-24-13-14(12-20-24)19-23-22-17-8-7-15(9-10-25(17)19)21-18(26)6-2-4-16-5-3-11-27-16/h3,5,11-13,15H,2,4,6-10H2,1H3,(H,21,26). The number of thiophene rings is 1. The number of fused-ring (bicyclic) bond motifs is 1. The molecule has 8 heteroatoms. The number of carbonyl (C=O) groups excluding carboxylic acids is 1. The van der Waals surface area contributed by atoms with Gasteiger partial charge in [-0.05, 0) is 37.1 Å². The zero-order valence-electron chi connectivity index (χ0n) is 15.5. The van der Waals surface area contributed by atoms with E-state index in [-0.39, 0.29) is 11.9 Å². The molecule has 4 rings (SSSR count). The largest absolute Gasteiger partial charge is 0.353 e. The van der Waals surface area contributed by atoms with E-state index in [0.717, 1.165) is 55.9 Å². The fourth-order valence-electron chi connectivity index (χ4n) is 3.56. The van der Waals surface area contributed by atoms with Crippen molar-refractivity contribution >= 4 is 17.2 Å². The van der Waals surface area contributed by atoms with Crippen LogP contribution in [0.25, 0.3) is 11.4 Å². The number of aryl methyl sites for hydroxylation is 3. The molecule has 1 aliphatic rings. The molecule has 7 nitrogen and oxygen atoms in total. The summed E-state index contributed by atoms with van der Waals surface area (Å²) in [6.07, 6.45) is 8.86. The SMILES string of the molecule is Cn1cc(-c2nnc3n2CCC(NC(=O)CCCc2cccs2)CC3)cn1. The van der Waals surface area contributed by atoms with E-state index < -0.39 is 0 Å². The third-order valence-corrected chi connectivity index (χ3v) is 5.92. The zero-order valence-corrected chi connectivity index (χ0v) is 16.3. The first kappa shape index (κ1) is 17.9. The highest BCUT2D eigenvalue weighted by molar-refractivity contribution is 7.09. The Labute approximate surface area is 162 Å². The molecule has 3 aromatic rings. The maximum Gasteiger partial charge on any atom is 0.220 e. The first-order chi connectivity index (χ1) is 13.2. The van der Waals surface area contributed by atoms with Gasteiger partial charge >= 0.3 is 0 Å². The van der Waals surface area contributed by atoms with E-state index in [1.54, 1.807) is 16.0 Å². The number of nitrogens with one attached hydrogen (secondary N) is 1. The Bertz CT molecular complexity index is 897. The topological polar surface area (TPSA) is 77.6 Å². The van der Waals surface area contributed by atoms with E-state index in [4.69, 9.17) is 0 Å². The van der Waals surface area contributed by atoms with Crippen LogP contribution in [0.3, 0.4) is 0 Å². The van der Waals surface area contributed by atoms with Crippen LogP contribution in [0.4, 0.5) is 0 Å². The van der Waals surface area contributed by atoms with Crippen LogP contribution in [0.2, 0.25) is 0 Å². The summed E-state index contributed by atoms with van der Waals surface area (Å²) in [5.74, 6) is 2.01. The second kappa shape index (κ2) is 8.04. The Morgan fingerprint density at radius 1 is 1.37 bits per heavy atom. The first-order valence-electron chi connectivity index (χ1n) is 9.42. The van der Waals surface area contributed by atoms with E-state index in [9.17, 15) is 4.79 Å². The third kappa shape index (κ3) is 4.27. The van der Waals surface area contributed by atoms with Crippen LogP contribution in [-0.2, 0) is 31.2 Å². The molecule has 1 atom stereocenters. The van der Waals surface area contributed by atoms with Gasteiger partial charge in [-0.15, -0.1) is 21.5 Å². The lowest BCUT2D eigenvalue weighted by Gasteiger charge is -2.16. The number of hydrogen-bond acceptors (Lipinski definition) is 5. The average molecular weight is 385 g/mol. The van der Waals surface area contributed by atoms with Crippen molar-refractivity contribution in [2.24, 2.45) is 7.05 Å². The van der Waals surface area contributed by atoms with E-state index in [2.05, 4.69) is 42.7 Å². The lowest BCUT2D eigenvalue weighted by Crippen LogP contribution is -2.35. The lowest BCUT2D eigenvalue weighted by atomic mass is 10.1. The summed E-state index contributed by atoms with van der Waals surface area (Å²) in [6, 6.07) is 4.38. The van der Waals surface area contributed by atoms with E-state index in [1.165, 1.54) is 4.88 Å². The van der Waals surface area contributed by atoms with Crippen molar-refractivity contribution in [2.45, 2.75) is 51.1 Å². The molecular weight excluding hydrogens is 360 g/mol. The Morgan fingerprint density at radius 3 is 3.07 bits per heavy atom. The first-order valence-corrected chi connectivity index (χ1v) is 10.3. The molecule has 142 valence electrons. The quantitative estimate of drug-likeness (QED) is 0.709. The summed E-state index contributed by atoms with van der Waals surface area (Å²) >= 11 is 1.75. The molecular formula is C19H24N6OS. The fraction of sp³-hybridized carbons (Fsp3) is 0.474. The molecule has 0 fully saturated rings. The van der Waals surface area contributed by atoms with Gasteiger partial charge in [0, 0.05) is 43.5 Å². The monoisotopic (exact) mass is 384 g/mol. The van der Waals surface area contributed by atoms with Crippen molar-refractivity contribution in [1.82, 2.24) is 29.9 Å². The maximum absolute atomic E-state index is 12.3. The summed E-state index contributed by atoms with van der Waals surface area (Å²) in [5, 5.41) is 18.2. The van der Waals surface area contributed by atoms with Gasteiger partial charge < -0.3 is 9.88 Å². The summed E-state index contributed by atoms with van der Waals surface area (Å²) in [6.45, 7) is 0.812. The maximum atomic E-state index is 12.3. The molecule has 0 aromatic carbocycles. The predicted molar refractivity (Wildman–Crippen MR) is 104 cm³/mol. The minimum absolute atomic E-state index is 0.154. The minimum Gasteiger partial charge on any atom is -0.353 e. The van der Waals surface area contributed by atoms with Crippen molar-refractivity contribution in [1.29, 1.82) is 0 Å². The molecule has 1 aliphatic heterocycles. The molecule has 0 radical (unpaired) electrons. The third-order valence-electron chi connectivity index (χ3n) is 4.98. The Balaban J connectivity index is 1.31. The van der Waals surface area contributed by atoms with Crippen LogP contribution in [0.1, 0.15) is 36.4 Å². The highest BCUT2D eigenvalue weighted by Gasteiger charge is 2.22. The van der Waals surface area contributed by atoms with Crippen LogP contribution in [0, 0.1) is 0 Å². The molecule has 0 saturated carbocycles. The molecule has 27 heavy (non-hydrogen) atoms. The van der Waals surface area contributed by atoms with Crippen LogP contribution in [0.5, 0.6) is 0 Å². The van der Waals surface area contributed by atoms with Crippen molar-refractivity contribution in [3.05, 3.63) is 40.6 Å². The number of amides is 1. The molecule has 1 amide bonds. The molecule has 0 aliphatic carbocycles. The molecule has 4 heterocycles. The Hall–Kier alpha value is -2.48. The summed E-state index contributed by atoms with van der Waals surface area (Å²) in [5.41, 5.74) is 0.979. The molecule has 1 N–H and O–H groups in total. The minimum atomic E-state index is 0.154. The van der Waals surface area contributed by atoms with Crippen molar-refractivity contribution in [2.75, 3.05) is 0 Å². The van der Waals surface area contributed by atoms with E-state index in [0.29, 0.717) is 6.42 Å². The molecule has 3 aromatic heterocycles. The van der Waals surface area contributed by atoms with Gasteiger partial charge in [0.05, 0.1) is 11.8 Å². The Kier molecular flexibility index (Phi) is 5.33. The van der Waals surface area contributed by atoms with E-state index in [1.807, 2.05) is 19.4 Å². The second-order valence-corrected chi connectivity index (χ2v) is 8.05. The normalized spacial score (nSPS) is 16.7. The van der Waals surface area contributed by atoms with Gasteiger partial charge in [-0.2, -0.15) is 5.10 Å². The number of carbonyl (C=O) groups is 1. The van der Waals surface area contributed by atoms with Gasteiger partial charge in [0.2, 0.25) is 5.91 Å².